The van der Waals surface area contributed by atoms with Crippen molar-refractivity contribution in [1.29, 1.82) is 0 Å². The Morgan fingerprint density at radius 1 is 1.40 bits per heavy atom. The minimum absolute atomic E-state index is 0.0460. The highest BCUT2D eigenvalue weighted by atomic mass is 16.4. The van der Waals surface area contributed by atoms with E-state index in [9.17, 15) is 9.59 Å². The van der Waals surface area contributed by atoms with Crippen LogP contribution < -0.4 is 10.6 Å². The molecule has 5 heteroatoms. The highest BCUT2D eigenvalue weighted by Crippen LogP contribution is 2.29. The molecule has 0 spiro atoms. The third-order valence-electron chi connectivity index (χ3n) is 3.76. The largest absolute Gasteiger partial charge is 0.481 e. The van der Waals surface area contributed by atoms with E-state index in [1.165, 1.54) is 19.3 Å². The molecule has 1 fully saturated rings. The number of aliphatic carboxylic acids is 1. The van der Waals surface area contributed by atoms with E-state index in [2.05, 4.69) is 10.6 Å². The molecule has 2 amide bonds. The van der Waals surface area contributed by atoms with Crippen LogP contribution in [-0.2, 0) is 11.2 Å². The Balaban J connectivity index is 1.88. The molecule has 108 valence electrons. The molecule has 5 nitrogen and oxygen atoms in total. The molecule has 0 saturated heterocycles. The molecule has 3 N–H and O–H groups in total. The van der Waals surface area contributed by atoms with Gasteiger partial charge in [-0.15, -0.1) is 0 Å². The summed E-state index contributed by atoms with van der Waals surface area (Å²) in [7, 11) is 0. The first-order valence-corrected chi connectivity index (χ1v) is 6.93. The Bertz CT molecular complexity index is 498. The van der Waals surface area contributed by atoms with Crippen LogP contribution in [0.1, 0.15) is 31.7 Å². The second-order valence-electron chi connectivity index (χ2n) is 5.35. The Morgan fingerprint density at radius 3 is 2.75 bits per heavy atom. The van der Waals surface area contributed by atoms with Gasteiger partial charge in [-0.3, -0.25) is 4.79 Å². The van der Waals surface area contributed by atoms with Crippen LogP contribution >= 0.6 is 0 Å². The van der Waals surface area contributed by atoms with Crippen molar-refractivity contribution in [1.82, 2.24) is 5.32 Å². The van der Waals surface area contributed by atoms with Gasteiger partial charge in [0.15, 0.2) is 0 Å². The summed E-state index contributed by atoms with van der Waals surface area (Å²) in [5.41, 5.74) is 1.28. The van der Waals surface area contributed by atoms with Crippen molar-refractivity contribution in [3.05, 3.63) is 29.8 Å². The van der Waals surface area contributed by atoms with Gasteiger partial charge in [0.05, 0.1) is 6.42 Å². The molecular formula is C15H20N2O3. The first-order valence-electron chi connectivity index (χ1n) is 6.93. The maximum absolute atomic E-state index is 11.9. The fourth-order valence-electron chi connectivity index (χ4n) is 2.37. The third kappa shape index (κ3) is 3.98. The SMILES string of the molecule is CC(NC(=O)Nc1cccc(CC(=O)O)c1)C1CCC1. The zero-order valence-electron chi connectivity index (χ0n) is 11.6. The predicted octanol–water partition coefficient (Wildman–Crippen LogP) is 2.62. The molecule has 0 aliphatic heterocycles. The highest BCUT2D eigenvalue weighted by molar-refractivity contribution is 5.89. The summed E-state index contributed by atoms with van der Waals surface area (Å²) in [5.74, 6) is -0.302. The second-order valence-corrected chi connectivity index (χ2v) is 5.35. The number of hydrogen-bond acceptors (Lipinski definition) is 2. The molecule has 20 heavy (non-hydrogen) atoms. The summed E-state index contributed by atoms with van der Waals surface area (Å²) >= 11 is 0. The van der Waals surface area contributed by atoms with Crippen LogP contribution in [0.5, 0.6) is 0 Å². The lowest BCUT2D eigenvalue weighted by Crippen LogP contribution is -2.42. The van der Waals surface area contributed by atoms with Gasteiger partial charge in [-0.1, -0.05) is 18.6 Å². The molecule has 1 saturated carbocycles. The lowest BCUT2D eigenvalue weighted by Gasteiger charge is -2.31. The van der Waals surface area contributed by atoms with Crippen molar-refractivity contribution in [2.45, 2.75) is 38.6 Å². The number of urea groups is 1. The van der Waals surface area contributed by atoms with E-state index in [4.69, 9.17) is 5.11 Å². The van der Waals surface area contributed by atoms with Crippen molar-refractivity contribution in [3.63, 3.8) is 0 Å². The van der Waals surface area contributed by atoms with Crippen LogP contribution in [0.2, 0.25) is 0 Å². The van der Waals surface area contributed by atoms with E-state index in [0.29, 0.717) is 17.2 Å². The molecule has 1 aromatic carbocycles. The van der Waals surface area contributed by atoms with Gasteiger partial charge in [0.1, 0.15) is 0 Å². The Morgan fingerprint density at radius 2 is 2.15 bits per heavy atom. The summed E-state index contributed by atoms with van der Waals surface area (Å²) in [5, 5.41) is 14.4. The van der Waals surface area contributed by atoms with Gasteiger partial charge in [-0.2, -0.15) is 0 Å². The Labute approximate surface area is 118 Å². The van der Waals surface area contributed by atoms with Gasteiger partial charge < -0.3 is 15.7 Å². The number of carboxylic acids is 1. The van der Waals surface area contributed by atoms with Crippen LogP contribution in [0.15, 0.2) is 24.3 Å². The van der Waals surface area contributed by atoms with E-state index >= 15 is 0 Å². The molecule has 0 aromatic heterocycles. The summed E-state index contributed by atoms with van der Waals surface area (Å²) in [4.78, 5) is 22.5. The predicted molar refractivity (Wildman–Crippen MR) is 76.7 cm³/mol. The minimum atomic E-state index is -0.884. The fraction of sp³-hybridized carbons (Fsp3) is 0.467. The number of carbonyl (C=O) groups excluding carboxylic acids is 1. The van der Waals surface area contributed by atoms with Gasteiger partial charge >= 0.3 is 12.0 Å². The van der Waals surface area contributed by atoms with Gasteiger partial charge in [-0.25, -0.2) is 4.79 Å². The number of benzene rings is 1. The number of nitrogens with one attached hydrogen (secondary N) is 2. The molecule has 1 aromatic rings. The van der Waals surface area contributed by atoms with Crippen molar-refractivity contribution in [2.75, 3.05) is 5.32 Å². The number of anilines is 1. The molecular weight excluding hydrogens is 256 g/mol. The van der Waals surface area contributed by atoms with Crippen LogP contribution in [0, 0.1) is 5.92 Å². The lowest BCUT2D eigenvalue weighted by molar-refractivity contribution is -0.136. The highest BCUT2D eigenvalue weighted by Gasteiger charge is 2.24. The Kier molecular flexibility index (Phi) is 4.61. The summed E-state index contributed by atoms with van der Waals surface area (Å²) < 4.78 is 0. The van der Waals surface area contributed by atoms with Gasteiger partial charge in [0.25, 0.3) is 0 Å². The topological polar surface area (TPSA) is 78.4 Å². The zero-order chi connectivity index (χ0) is 14.5. The zero-order valence-corrected chi connectivity index (χ0v) is 11.6. The van der Waals surface area contributed by atoms with Crippen molar-refractivity contribution in [3.8, 4) is 0 Å². The first kappa shape index (κ1) is 14.4. The molecule has 1 aliphatic carbocycles. The second kappa shape index (κ2) is 6.41. The van der Waals surface area contributed by atoms with Crippen molar-refractivity contribution in [2.24, 2.45) is 5.92 Å². The fourth-order valence-corrected chi connectivity index (χ4v) is 2.37. The summed E-state index contributed by atoms with van der Waals surface area (Å²) in [6.07, 6.45) is 3.55. The van der Waals surface area contributed by atoms with E-state index in [-0.39, 0.29) is 18.5 Å². The van der Waals surface area contributed by atoms with Crippen LogP contribution in [0.3, 0.4) is 0 Å². The quantitative estimate of drug-likeness (QED) is 0.773. The molecule has 0 radical (unpaired) electrons. The third-order valence-corrected chi connectivity index (χ3v) is 3.76. The maximum atomic E-state index is 11.9. The number of carbonyl (C=O) groups is 2. The number of amides is 2. The van der Waals surface area contributed by atoms with E-state index in [0.717, 1.165) is 0 Å². The Hall–Kier alpha value is -2.04. The molecule has 0 heterocycles. The number of rotatable bonds is 5. The lowest BCUT2D eigenvalue weighted by atomic mass is 9.80. The monoisotopic (exact) mass is 276 g/mol. The molecule has 1 atom stereocenters. The average molecular weight is 276 g/mol. The van der Waals surface area contributed by atoms with Crippen LogP contribution in [0.4, 0.5) is 10.5 Å². The molecule has 1 unspecified atom stereocenters. The van der Waals surface area contributed by atoms with E-state index in [1.807, 2.05) is 6.92 Å². The minimum Gasteiger partial charge on any atom is -0.481 e. The number of carboxylic acid groups (broad SMARTS) is 1. The van der Waals surface area contributed by atoms with Gasteiger partial charge in [0.2, 0.25) is 0 Å². The summed E-state index contributed by atoms with van der Waals surface area (Å²) in [6, 6.07) is 6.83. The van der Waals surface area contributed by atoms with Gasteiger partial charge in [0, 0.05) is 11.7 Å². The average Bonchev–Trinajstić information content (AvgIpc) is 2.25. The van der Waals surface area contributed by atoms with Crippen LogP contribution in [-0.4, -0.2) is 23.1 Å². The maximum Gasteiger partial charge on any atom is 0.319 e. The van der Waals surface area contributed by atoms with E-state index < -0.39 is 5.97 Å². The normalized spacial score (nSPS) is 16.1. The van der Waals surface area contributed by atoms with Crippen LogP contribution in [0.25, 0.3) is 0 Å². The summed E-state index contributed by atoms with van der Waals surface area (Å²) in [6.45, 7) is 2.02. The first-order chi connectivity index (χ1) is 9.54. The molecule has 0 bridgehead atoms. The standard InChI is InChI=1S/C15H20N2O3/c1-10(12-5-3-6-12)16-15(20)17-13-7-2-4-11(8-13)9-14(18)19/h2,4,7-8,10,12H,3,5-6,9H2,1H3,(H,18,19)(H2,16,17,20). The molecule has 1 aliphatic rings. The van der Waals surface area contributed by atoms with Crippen molar-refractivity contribution < 1.29 is 14.7 Å². The van der Waals surface area contributed by atoms with E-state index in [1.54, 1.807) is 24.3 Å². The smallest absolute Gasteiger partial charge is 0.319 e. The van der Waals surface area contributed by atoms with Crippen molar-refractivity contribution >= 4 is 17.7 Å². The molecule has 2 rings (SSSR count). The van der Waals surface area contributed by atoms with Gasteiger partial charge in [-0.05, 0) is 43.4 Å². The number of hydrogen-bond donors (Lipinski definition) is 3.